The van der Waals surface area contributed by atoms with Crippen molar-refractivity contribution in [1.29, 1.82) is 0 Å². The van der Waals surface area contributed by atoms with Gasteiger partial charge < -0.3 is 24.7 Å². The molecule has 1 aliphatic heterocycles. The summed E-state index contributed by atoms with van der Waals surface area (Å²) in [4.78, 5) is 17.6. The molecule has 0 radical (unpaired) electrons. The van der Waals surface area contributed by atoms with Gasteiger partial charge in [-0.25, -0.2) is 0 Å². The van der Waals surface area contributed by atoms with Crippen molar-refractivity contribution in [1.82, 2.24) is 9.88 Å². The minimum absolute atomic E-state index is 0.00132. The van der Waals surface area contributed by atoms with E-state index in [1.54, 1.807) is 19.2 Å². The second-order valence-electron chi connectivity index (χ2n) is 7.71. The van der Waals surface area contributed by atoms with E-state index >= 15 is 0 Å². The molecule has 0 saturated heterocycles. The molecule has 2 aromatic heterocycles. The smallest absolute Gasteiger partial charge is 0.278 e. The number of fused-ring (bicyclic) bond motifs is 3. The molecule has 3 atom stereocenters. The van der Waals surface area contributed by atoms with Crippen LogP contribution in [0.1, 0.15) is 49.8 Å². The zero-order chi connectivity index (χ0) is 19.4. The molecular weight excluding hydrogens is 361 g/mol. The second-order valence-corrected chi connectivity index (χ2v) is 7.71. The normalized spacial score (nSPS) is 24.4. The van der Waals surface area contributed by atoms with Crippen LogP contribution in [0.3, 0.4) is 0 Å². The van der Waals surface area contributed by atoms with Crippen molar-refractivity contribution in [3.8, 4) is 5.88 Å². The summed E-state index contributed by atoms with van der Waals surface area (Å²) in [6, 6.07) is 5.62. The number of hydrogen-bond donors (Lipinski definition) is 3. The van der Waals surface area contributed by atoms with Gasteiger partial charge in [-0.15, -0.1) is 0 Å². The Bertz CT molecular complexity index is 1060. The number of furan rings is 1. The number of nitrogens with one attached hydrogen (secondary N) is 2. The van der Waals surface area contributed by atoms with Crippen LogP contribution < -0.4 is 5.32 Å². The maximum Gasteiger partial charge on any atom is 0.278 e. The number of para-hydroxylation sites is 1. The molecule has 2 aliphatic rings. The Morgan fingerprint density at radius 1 is 1.32 bits per heavy atom. The average Bonchev–Trinajstić information content (AvgIpc) is 3.17. The first-order chi connectivity index (χ1) is 13.5. The summed E-state index contributed by atoms with van der Waals surface area (Å²) < 4.78 is 19.2. The molecule has 0 bridgehead atoms. The predicted octanol–water partition coefficient (Wildman–Crippen LogP) is 4.28. The minimum Gasteiger partial charge on any atom is -0.494 e. The summed E-state index contributed by atoms with van der Waals surface area (Å²) in [6.07, 6.45) is 5.70. The lowest BCUT2D eigenvalue weighted by Crippen LogP contribution is -2.50. The number of benzene rings is 1. The number of aromatic nitrogens is 1. The van der Waals surface area contributed by atoms with E-state index in [0.717, 1.165) is 31.4 Å². The zero-order valence-corrected chi connectivity index (χ0v) is 15.5. The lowest BCUT2D eigenvalue weighted by Gasteiger charge is -2.41. The first-order valence-corrected chi connectivity index (χ1v) is 9.68. The molecular formula is C21H22FN3O3. The number of carbonyl (C=O) groups is 1. The van der Waals surface area contributed by atoms with Crippen LogP contribution in [-0.4, -0.2) is 33.0 Å². The van der Waals surface area contributed by atoms with Gasteiger partial charge in [-0.2, -0.15) is 4.39 Å². The minimum atomic E-state index is -0.669. The van der Waals surface area contributed by atoms with Crippen molar-refractivity contribution in [2.75, 3.05) is 5.32 Å². The number of carbonyl (C=O) groups excluding carboxylic acids is 1. The molecule has 3 aromatic rings. The van der Waals surface area contributed by atoms with E-state index in [1.807, 2.05) is 17.0 Å². The zero-order valence-electron chi connectivity index (χ0n) is 15.5. The number of anilines is 1. The Morgan fingerprint density at radius 2 is 2.14 bits per heavy atom. The molecule has 3 heterocycles. The van der Waals surface area contributed by atoms with Crippen LogP contribution in [-0.2, 0) is 4.79 Å². The molecule has 0 unspecified atom stereocenters. The molecule has 1 aliphatic carbocycles. The first kappa shape index (κ1) is 17.2. The fourth-order valence-corrected chi connectivity index (χ4v) is 4.95. The highest BCUT2D eigenvalue weighted by Crippen LogP contribution is 2.47. The first-order valence-electron chi connectivity index (χ1n) is 9.68. The molecule has 28 heavy (non-hydrogen) atoms. The Morgan fingerprint density at radius 3 is 2.96 bits per heavy atom. The summed E-state index contributed by atoms with van der Waals surface area (Å²) in [7, 11) is 0. The highest BCUT2D eigenvalue weighted by molar-refractivity contribution is 5.84. The van der Waals surface area contributed by atoms with Gasteiger partial charge in [-0.3, -0.25) is 4.79 Å². The molecule has 1 saturated carbocycles. The van der Waals surface area contributed by atoms with Crippen molar-refractivity contribution < 1.29 is 18.7 Å². The van der Waals surface area contributed by atoms with Gasteiger partial charge in [0, 0.05) is 36.2 Å². The summed E-state index contributed by atoms with van der Waals surface area (Å²) >= 11 is 0. The highest BCUT2D eigenvalue weighted by Gasteiger charge is 2.43. The molecule has 7 heteroatoms. The summed E-state index contributed by atoms with van der Waals surface area (Å²) in [5, 5.41) is 14.8. The Hall–Kier alpha value is -2.96. The molecule has 1 aromatic carbocycles. The number of rotatable bonds is 1. The van der Waals surface area contributed by atoms with Crippen molar-refractivity contribution in [3.05, 3.63) is 47.6 Å². The summed E-state index contributed by atoms with van der Waals surface area (Å²) in [5.74, 6) is -0.0809. The van der Waals surface area contributed by atoms with Crippen LogP contribution in [0.5, 0.6) is 5.88 Å². The van der Waals surface area contributed by atoms with Crippen molar-refractivity contribution in [3.63, 3.8) is 0 Å². The van der Waals surface area contributed by atoms with Crippen LogP contribution in [0.2, 0.25) is 0 Å². The lowest BCUT2D eigenvalue weighted by atomic mass is 9.87. The van der Waals surface area contributed by atoms with E-state index in [2.05, 4.69) is 10.3 Å². The molecule has 146 valence electrons. The van der Waals surface area contributed by atoms with Gasteiger partial charge >= 0.3 is 0 Å². The van der Waals surface area contributed by atoms with Crippen molar-refractivity contribution >= 4 is 22.6 Å². The van der Waals surface area contributed by atoms with Crippen LogP contribution in [0, 0.1) is 6.01 Å². The summed E-state index contributed by atoms with van der Waals surface area (Å²) in [6.45, 7) is 1.55. The van der Waals surface area contributed by atoms with Crippen molar-refractivity contribution in [2.45, 2.75) is 50.7 Å². The van der Waals surface area contributed by atoms with Crippen LogP contribution in [0.15, 0.2) is 34.9 Å². The Balaban J connectivity index is 1.78. The fourth-order valence-electron chi connectivity index (χ4n) is 4.95. The SMILES string of the molecule is CC(=O)N1[C@H](c2cccc3cc(F)oc23)c2c(c[nH]c2O)N[C@@H]2CCCC[C@H]21. The van der Waals surface area contributed by atoms with E-state index in [-0.39, 0.29) is 23.9 Å². The number of aromatic amines is 1. The predicted molar refractivity (Wildman–Crippen MR) is 103 cm³/mol. The molecule has 1 fully saturated rings. The van der Waals surface area contributed by atoms with E-state index in [1.165, 1.54) is 6.07 Å². The van der Waals surface area contributed by atoms with Gasteiger partial charge in [0.2, 0.25) is 5.91 Å². The third-order valence-electron chi connectivity index (χ3n) is 6.08. The van der Waals surface area contributed by atoms with Gasteiger partial charge in [-0.1, -0.05) is 31.0 Å². The number of halogens is 1. The summed E-state index contributed by atoms with van der Waals surface area (Å²) in [5.41, 5.74) is 2.43. The molecule has 6 nitrogen and oxygen atoms in total. The molecule has 1 amide bonds. The third kappa shape index (κ3) is 2.49. The topological polar surface area (TPSA) is 81.5 Å². The number of hydrogen-bond acceptors (Lipinski definition) is 4. The van der Waals surface area contributed by atoms with Gasteiger partial charge in [0.1, 0.15) is 5.58 Å². The van der Waals surface area contributed by atoms with Gasteiger partial charge in [0.05, 0.1) is 23.3 Å². The molecule has 0 spiro atoms. The van der Waals surface area contributed by atoms with E-state index in [9.17, 15) is 14.3 Å². The van der Waals surface area contributed by atoms with Crippen LogP contribution in [0.25, 0.3) is 11.0 Å². The van der Waals surface area contributed by atoms with Crippen LogP contribution >= 0.6 is 0 Å². The average molecular weight is 383 g/mol. The lowest BCUT2D eigenvalue weighted by molar-refractivity contribution is -0.134. The van der Waals surface area contributed by atoms with E-state index in [4.69, 9.17) is 4.42 Å². The molecule has 5 rings (SSSR count). The van der Waals surface area contributed by atoms with Gasteiger partial charge in [-0.05, 0) is 12.8 Å². The number of aromatic hydroxyl groups is 1. The van der Waals surface area contributed by atoms with Crippen LogP contribution in [0.4, 0.5) is 10.1 Å². The quantitative estimate of drug-likeness (QED) is 0.586. The monoisotopic (exact) mass is 383 g/mol. The molecule has 3 N–H and O–H groups in total. The maximum atomic E-state index is 13.9. The fraction of sp³-hybridized carbons (Fsp3) is 0.381. The highest BCUT2D eigenvalue weighted by atomic mass is 19.1. The Labute approximate surface area is 161 Å². The van der Waals surface area contributed by atoms with E-state index < -0.39 is 12.1 Å². The number of amides is 1. The Kier molecular flexibility index (Phi) is 3.86. The number of nitrogens with zero attached hydrogens (tertiary/aromatic N) is 1. The van der Waals surface area contributed by atoms with Crippen molar-refractivity contribution in [2.24, 2.45) is 0 Å². The number of H-pyrrole nitrogens is 1. The second kappa shape index (κ2) is 6.29. The largest absolute Gasteiger partial charge is 0.494 e. The van der Waals surface area contributed by atoms with Gasteiger partial charge in [0.15, 0.2) is 5.88 Å². The van der Waals surface area contributed by atoms with Gasteiger partial charge in [0.25, 0.3) is 6.01 Å². The van der Waals surface area contributed by atoms with E-state index in [0.29, 0.717) is 22.1 Å². The third-order valence-corrected chi connectivity index (χ3v) is 6.08. The maximum absolute atomic E-state index is 13.9. The standard InChI is InChI=1S/C21H22FN3O3/c1-11(26)25-16-8-3-2-7-14(16)24-15-10-23-21(27)18(15)19(25)13-6-4-5-12-9-17(22)28-20(12)13/h4-6,9-10,14,16,19,23-24,27H,2-3,7-8H2,1H3/t14-,16-,19-/m1/s1.